The molecule has 1 fully saturated rings. The second kappa shape index (κ2) is 10.2. The number of esters is 1. The van der Waals surface area contributed by atoms with Crippen molar-refractivity contribution in [2.75, 3.05) is 32.9 Å². The maximum absolute atomic E-state index is 12.2. The average Bonchev–Trinajstić information content (AvgIpc) is 2.82. The van der Waals surface area contributed by atoms with Gasteiger partial charge in [-0.2, -0.15) is 0 Å². The van der Waals surface area contributed by atoms with E-state index in [1.807, 2.05) is 24.3 Å². The van der Waals surface area contributed by atoms with E-state index in [0.717, 1.165) is 50.0 Å². The molecule has 1 aliphatic heterocycles. The van der Waals surface area contributed by atoms with Crippen LogP contribution in [-0.4, -0.2) is 49.7 Å². The Bertz CT molecular complexity index is 1170. The van der Waals surface area contributed by atoms with Gasteiger partial charge in [-0.15, -0.1) is 0 Å². The van der Waals surface area contributed by atoms with E-state index in [-0.39, 0.29) is 16.8 Å². The topological polar surface area (TPSA) is 98.1 Å². The molecule has 32 heavy (non-hydrogen) atoms. The minimum atomic E-state index is -0.865. The molecule has 0 radical (unpaired) electrons. The molecule has 2 aromatic carbocycles. The third kappa shape index (κ3) is 5.40. The Balaban J connectivity index is 1.31. The lowest BCUT2D eigenvalue weighted by Crippen LogP contribution is -2.36. The van der Waals surface area contributed by atoms with Gasteiger partial charge in [-0.3, -0.25) is 14.5 Å². The van der Waals surface area contributed by atoms with E-state index in [4.69, 9.17) is 13.9 Å². The van der Waals surface area contributed by atoms with Crippen LogP contribution in [0.3, 0.4) is 0 Å². The first-order valence-corrected chi connectivity index (χ1v) is 10.4. The van der Waals surface area contributed by atoms with Gasteiger partial charge in [0.15, 0.2) is 12.0 Å². The number of carbonyl (C=O) groups is 2. The number of ether oxygens (including phenoxy) is 2. The van der Waals surface area contributed by atoms with Gasteiger partial charge in [-0.25, -0.2) is 4.79 Å². The van der Waals surface area contributed by atoms with E-state index < -0.39 is 18.5 Å². The van der Waals surface area contributed by atoms with Crippen molar-refractivity contribution >= 4 is 22.8 Å². The molecule has 8 nitrogen and oxygen atoms in total. The molecular formula is C24H24N2O6. The maximum Gasteiger partial charge on any atom is 0.374 e. The van der Waals surface area contributed by atoms with Gasteiger partial charge < -0.3 is 19.2 Å². The Labute approximate surface area is 184 Å². The van der Waals surface area contributed by atoms with Gasteiger partial charge in [0.2, 0.25) is 5.76 Å². The summed E-state index contributed by atoms with van der Waals surface area (Å²) in [4.78, 5) is 38.9. The van der Waals surface area contributed by atoms with E-state index in [1.54, 1.807) is 24.3 Å². The Morgan fingerprint density at radius 3 is 2.53 bits per heavy atom. The van der Waals surface area contributed by atoms with E-state index in [2.05, 4.69) is 10.2 Å². The van der Waals surface area contributed by atoms with E-state index >= 15 is 0 Å². The van der Waals surface area contributed by atoms with Gasteiger partial charge in [0.1, 0.15) is 5.58 Å². The zero-order chi connectivity index (χ0) is 22.3. The molecule has 1 saturated heterocycles. The zero-order valence-electron chi connectivity index (χ0n) is 17.5. The fraction of sp³-hybridized carbons (Fsp3) is 0.292. The second-order valence-electron chi connectivity index (χ2n) is 7.48. The first kappa shape index (κ1) is 21.7. The minimum absolute atomic E-state index is 0.239. The van der Waals surface area contributed by atoms with Crippen LogP contribution in [0.25, 0.3) is 11.0 Å². The molecule has 0 aliphatic carbocycles. The molecule has 0 spiro atoms. The van der Waals surface area contributed by atoms with Gasteiger partial charge in [0, 0.05) is 32.2 Å². The molecule has 1 N–H and O–H groups in total. The number of hydrogen-bond donors (Lipinski definition) is 1. The summed E-state index contributed by atoms with van der Waals surface area (Å²) >= 11 is 0. The molecule has 1 aliphatic rings. The Morgan fingerprint density at radius 2 is 1.72 bits per heavy atom. The molecule has 0 atom stereocenters. The Kier molecular flexibility index (Phi) is 6.94. The molecule has 4 rings (SSSR count). The number of benzene rings is 2. The Morgan fingerprint density at radius 1 is 1.00 bits per heavy atom. The molecule has 1 aromatic heterocycles. The monoisotopic (exact) mass is 436 g/mol. The summed E-state index contributed by atoms with van der Waals surface area (Å²) < 4.78 is 15.9. The quantitative estimate of drug-likeness (QED) is 0.567. The van der Waals surface area contributed by atoms with Crippen molar-refractivity contribution in [3.8, 4) is 0 Å². The highest BCUT2D eigenvalue weighted by molar-refractivity contribution is 5.90. The van der Waals surface area contributed by atoms with Crippen LogP contribution in [0.1, 0.15) is 21.7 Å². The Hall–Kier alpha value is -3.49. The fourth-order valence-corrected chi connectivity index (χ4v) is 3.54. The predicted molar refractivity (Wildman–Crippen MR) is 117 cm³/mol. The van der Waals surface area contributed by atoms with Crippen molar-refractivity contribution in [2.24, 2.45) is 0 Å². The van der Waals surface area contributed by atoms with Crippen molar-refractivity contribution in [3.05, 3.63) is 81.7 Å². The molecule has 166 valence electrons. The minimum Gasteiger partial charge on any atom is -0.450 e. The smallest absolute Gasteiger partial charge is 0.374 e. The summed E-state index contributed by atoms with van der Waals surface area (Å²) in [5.41, 5.74) is 2.07. The third-order valence-corrected chi connectivity index (χ3v) is 5.26. The molecule has 2 heterocycles. The van der Waals surface area contributed by atoms with Crippen LogP contribution in [0.5, 0.6) is 0 Å². The highest BCUT2D eigenvalue weighted by Gasteiger charge is 2.16. The van der Waals surface area contributed by atoms with Crippen LogP contribution < -0.4 is 10.7 Å². The van der Waals surface area contributed by atoms with Crippen molar-refractivity contribution < 1.29 is 23.5 Å². The first-order valence-electron chi connectivity index (χ1n) is 10.4. The van der Waals surface area contributed by atoms with Gasteiger partial charge in [-0.1, -0.05) is 36.4 Å². The van der Waals surface area contributed by atoms with Crippen molar-refractivity contribution in [1.82, 2.24) is 10.2 Å². The number of fused-ring (bicyclic) bond motifs is 1. The van der Waals surface area contributed by atoms with Crippen molar-refractivity contribution in [2.45, 2.75) is 13.1 Å². The largest absolute Gasteiger partial charge is 0.450 e. The predicted octanol–water partition coefficient (Wildman–Crippen LogP) is 2.10. The van der Waals surface area contributed by atoms with E-state index in [1.165, 1.54) is 0 Å². The van der Waals surface area contributed by atoms with Gasteiger partial charge in [0.25, 0.3) is 5.91 Å². The molecule has 0 bridgehead atoms. The van der Waals surface area contributed by atoms with Gasteiger partial charge in [-0.05, 0) is 23.3 Å². The number of morpholine rings is 1. The summed E-state index contributed by atoms with van der Waals surface area (Å²) in [7, 11) is 0. The summed E-state index contributed by atoms with van der Waals surface area (Å²) in [6.45, 7) is 3.83. The second-order valence-corrected chi connectivity index (χ2v) is 7.48. The number of rotatable bonds is 7. The molecule has 0 saturated carbocycles. The molecule has 8 heteroatoms. The number of nitrogens with zero attached hydrogens (tertiary/aromatic N) is 1. The van der Waals surface area contributed by atoms with Gasteiger partial charge in [0.05, 0.1) is 18.6 Å². The van der Waals surface area contributed by atoms with E-state index in [9.17, 15) is 14.4 Å². The SMILES string of the molecule is O=C(COC(=O)c1cc(=O)c2ccccc2o1)NCc1ccccc1CN1CCOCC1. The number of amides is 1. The fourth-order valence-electron chi connectivity index (χ4n) is 3.54. The first-order chi connectivity index (χ1) is 15.6. The van der Waals surface area contributed by atoms with Crippen molar-refractivity contribution in [3.63, 3.8) is 0 Å². The number of carbonyl (C=O) groups excluding carboxylic acids is 2. The molecule has 3 aromatic rings. The molecule has 0 unspecified atom stereocenters. The molecule has 1 amide bonds. The highest BCUT2D eigenvalue weighted by Crippen LogP contribution is 2.14. The average molecular weight is 436 g/mol. The van der Waals surface area contributed by atoms with Crippen LogP contribution in [0, 0.1) is 0 Å². The summed E-state index contributed by atoms with van der Waals surface area (Å²) in [6, 6.07) is 15.6. The normalized spacial score (nSPS) is 14.2. The lowest BCUT2D eigenvalue weighted by atomic mass is 10.1. The zero-order valence-corrected chi connectivity index (χ0v) is 17.5. The number of nitrogens with one attached hydrogen (secondary N) is 1. The number of para-hydroxylation sites is 1. The number of hydrogen-bond acceptors (Lipinski definition) is 7. The van der Waals surface area contributed by atoms with Crippen LogP contribution in [0.4, 0.5) is 0 Å². The third-order valence-electron chi connectivity index (χ3n) is 5.26. The summed E-state index contributed by atoms with van der Waals surface area (Å²) in [5, 5.41) is 3.15. The highest BCUT2D eigenvalue weighted by atomic mass is 16.5. The van der Waals surface area contributed by atoms with Crippen molar-refractivity contribution in [1.29, 1.82) is 0 Å². The maximum atomic E-state index is 12.2. The summed E-state index contributed by atoms with van der Waals surface area (Å²) in [5.74, 6) is -1.55. The van der Waals surface area contributed by atoms with Crippen LogP contribution in [0.15, 0.2) is 63.8 Å². The molecular weight excluding hydrogens is 412 g/mol. The lowest BCUT2D eigenvalue weighted by Gasteiger charge is -2.27. The summed E-state index contributed by atoms with van der Waals surface area (Å²) in [6.07, 6.45) is 0. The van der Waals surface area contributed by atoms with Crippen LogP contribution in [0.2, 0.25) is 0 Å². The lowest BCUT2D eigenvalue weighted by molar-refractivity contribution is -0.124. The standard InChI is InChI=1S/C24H24N2O6/c27-20-13-22(32-21-8-4-3-7-19(20)21)24(29)31-16-23(28)25-14-17-5-1-2-6-18(17)15-26-9-11-30-12-10-26/h1-8,13H,9-12,14-16H2,(H,25,28). The van der Waals surface area contributed by atoms with Crippen LogP contribution >= 0.6 is 0 Å². The van der Waals surface area contributed by atoms with E-state index in [0.29, 0.717) is 11.9 Å². The van der Waals surface area contributed by atoms with Crippen LogP contribution in [-0.2, 0) is 27.4 Å². The van der Waals surface area contributed by atoms with Gasteiger partial charge >= 0.3 is 5.97 Å².